The van der Waals surface area contributed by atoms with Crippen LogP contribution in [-0.4, -0.2) is 12.6 Å². The molecule has 1 aliphatic rings. The summed E-state index contributed by atoms with van der Waals surface area (Å²) in [5.74, 6) is -0.293. The van der Waals surface area contributed by atoms with Crippen LogP contribution in [0.3, 0.4) is 0 Å². The highest BCUT2D eigenvalue weighted by Gasteiger charge is 2.33. The first-order chi connectivity index (χ1) is 7.01. The minimum Gasteiger partial charge on any atom is -0.462 e. The van der Waals surface area contributed by atoms with E-state index in [4.69, 9.17) is 10.5 Å². The fraction of sp³-hybridized carbons (Fsp3) is 0.300. The molecule has 0 amide bonds. The third-order valence-corrected chi connectivity index (χ3v) is 3.01. The van der Waals surface area contributed by atoms with E-state index >= 15 is 0 Å². The van der Waals surface area contributed by atoms with Crippen LogP contribution in [0.2, 0.25) is 0 Å². The van der Waals surface area contributed by atoms with Gasteiger partial charge in [0.2, 0.25) is 0 Å². The summed E-state index contributed by atoms with van der Waals surface area (Å²) in [6.07, 6.45) is 0. The predicted octanol–water partition coefficient (Wildman–Crippen LogP) is 2.15. The van der Waals surface area contributed by atoms with Crippen molar-refractivity contribution in [3.05, 3.63) is 34.1 Å². The molecule has 2 N–H and O–H groups in total. The zero-order valence-corrected chi connectivity index (χ0v) is 9.71. The monoisotopic (exact) mass is 272 g/mol. The summed E-state index contributed by atoms with van der Waals surface area (Å²) in [6.45, 7) is 2.28. The Morgan fingerprint density at radius 2 is 2.33 bits per heavy atom. The van der Waals surface area contributed by atoms with Gasteiger partial charge in [-0.2, -0.15) is 0 Å². The quantitative estimate of drug-likeness (QED) is 0.852. The molecule has 1 aliphatic heterocycles. The zero-order valence-electron chi connectivity index (χ0n) is 8.13. The highest BCUT2D eigenvalue weighted by molar-refractivity contribution is 9.10. The lowest BCUT2D eigenvalue weighted by Crippen LogP contribution is -2.20. The number of halogens is 2. The van der Waals surface area contributed by atoms with Gasteiger partial charge in [0.25, 0.3) is 6.02 Å². The summed E-state index contributed by atoms with van der Waals surface area (Å²) in [6, 6.07) is 4.96. The largest absolute Gasteiger partial charge is 0.462 e. The van der Waals surface area contributed by atoms with Crippen LogP contribution in [-0.2, 0) is 10.3 Å². The molecule has 0 aromatic heterocycles. The standard InChI is InChI=1S/C10H10BrFN2O/c1-10(5-15-9(13)14-10)6-2-3-8(12)7(11)4-6/h2-4H,5H2,1H3,(H2,13,14). The first-order valence-electron chi connectivity index (χ1n) is 4.45. The molecule has 1 heterocycles. The number of benzene rings is 1. The Balaban J connectivity index is 2.42. The van der Waals surface area contributed by atoms with Crippen molar-refractivity contribution in [1.29, 1.82) is 0 Å². The summed E-state index contributed by atoms with van der Waals surface area (Å²) in [4.78, 5) is 4.19. The molecule has 80 valence electrons. The SMILES string of the molecule is CC1(c2ccc(F)c(Br)c2)COC(N)=N1. The molecule has 3 nitrogen and oxygen atoms in total. The Morgan fingerprint density at radius 3 is 2.87 bits per heavy atom. The van der Waals surface area contributed by atoms with Gasteiger partial charge in [-0.15, -0.1) is 0 Å². The minimum atomic E-state index is -0.514. The van der Waals surface area contributed by atoms with Crippen molar-refractivity contribution in [2.75, 3.05) is 6.61 Å². The number of ether oxygens (including phenoxy) is 1. The number of hydrogen-bond donors (Lipinski definition) is 1. The number of amidine groups is 1. The van der Waals surface area contributed by atoms with Crippen molar-refractivity contribution in [2.24, 2.45) is 10.7 Å². The molecule has 1 aromatic rings. The van der Waals surface area contributed by atoms with Gasteiger partial charge in [-0.1, -0.05) is 6.07 Å². The van der Waals surface area contributed by atoms with Crippen LogP contribution < -0.4 is 5.73 Å². The van der Waals surface area contributed by atoms with Crippen molar-refractivity contribution < 1.29 is 9.13 Å². The molecule has 0 saturated heterocycles. The third-order valence-electron chi connectivity index (χ3n) is 2.40. The lowest BCUT2D eigenvalue weighted by molar-refractivity contribution is 0.266. The molecule has 15 heavy (non-hydrogen) atoms. The number of nitrogens with two attached hydrogens (primary N) is 1. The van der Waals surface area contributed by atoms with Gasteiger partial charge < -0.3 is 10.5 Å². The number of nitrogens with zero attached hydrogens (tertiary/aromatic N) is 1. The van der Waals surface area contributed by atoms with Gasteiger partial charge in [-0.25, -0.2) is 9.38 Å². The van der Waals surface area contributed by atoms with E-state index in [-0.39, 0.29) is 11.8 Å². The molecule has 0 spiro atoms. The lowest BCUT2D eigenvalue weighted by atomic mass is 9.94. The van der Waals surface area contributed by atoms with Crippen molar-refractivity contribution in [3.63, 3.8) is 0 Å². The van der Waals surface area contributed by atoms with Crippen LogP contribution in [0.15, 0.2) is 27.7 Å². The maximum atomic E-state index is 13.0. The summed E-state index contributed by atoms with van der Waals surface area (Å²) in [5.41, 5.74) is 5.82. The predicted molar refractivity (Wildman–Crippen MR) is 59.0 cm³/mol. The molecule has 0 radical (unpaired) electrons. The molecule has 0 bridgehead atoms. The van der Waals surface area contributed by atoms with Gasteiger partial charge in [-0.3, -0.25) is 0 Å². The van der Waals surface area contributed by atoms with Crippen LogP contribution in [0.5, 0.6) is 0 Å². The van der Waals surface area contributed by atoms with Gasteiger partial charge in [0.1, 0.15) is 18.0 Å². The Hall–Kier alpha value is -1.10. The van der Waals surface area contributed by atoms with Crippen LogP contribution >= 0.6 is 15.9 Å². The van der Waals surface area contributed by atoms with Crippen LogP contribution in [0.1, 0.15) is 12.5 Å². The van der Waals surface area contributed by atoms with E-state index in [0.717, 1.165) is 5.56 Å². The highest BCUT2D eigenvalue weighted by Crippen LogP contribution is 2.31. The fourth-order valence-electron chi connectivity index (χ4n) is 1.50. The molecule has 0 saturated carbocycles. The van der Waals surface area contributed by atoms with Crippen molar-refractivity contribution >= 4 is 22.0 Å². The van der Waals surface area contributed by atoms with Crippen molar-refractivity contribution in [3.8, 4) is 0 Å². The van der Waals surface area contributed by atoms with Crippen LogP contribution in [0.4, 0.5) is 4.39 Å². The smallest absolute Gasteiger partial charge is 0.283 e. The maximum absolute atomic E-state index is 13.0. The van der Waals surface area contributed by atoms with E-state index in [1.807, 2.05) is 6.92 Å². The Labute approximate surface area is 95.3 Å². The average Bonchev–Trinajstić information content (AvgIpc) is 2.52. The van der Waals surface area contributed by atoms with Crippen LogP contribution in [0.25, 0.3) is 0 Å². The molecule has 2 rings (SSSR count). The second kappa shape index (κ2) is 3.48. The first kappa shape index (κ1) is 10.4. The van der Waals surface area contributed by atoms with E-state index in [0.29, 0.717) is 11.1 Å². The van der Waals surface area contributed by atoms with E-state index < -0.39 is 5.54 Å². The number of aliphatic imine (C=N–C) groups is 1. The van der Waals surface area contributed by atoms with Gasteiger partial charge in [0, 0.05) is 0 Å². The first-order valence-corrected chi connectivity index (χ1v) is 5.24. The zero-order chi connectivity index (χ0) is 11.1. The molecule has 1 atom stereocenters. The van der Waals surface area contributed by atoms with E-state index in [9.17, 15) is 4.39 Å². The van der Waals surface area contributed by atoms with Gasteiger partial charge in [0.05, 0.1) is 4.47 Å². The molecule has 1 unspecified atom stereocenters. The van der Waals surface area contributed by atoms with Crippen LogP contribution in [0, 0.1) is 5.82 Å². The average molecular weight is 273 g/mol. The van der Waals surface area contributed by atoms with E-state index in [1.54, 1.807) is 12.1 Å². The van der Waals surface area contributed by atoms with Gasteiger partial charge in [0.15, 0.2) is 0 Å². The van der Waals surface area contributed by atoms with E-state index in [2.05, 4.69) is 20.9 Å². The third kappa shape index (κ3) is 1.84. The molecule has 0 aliphatic carbocycles. The van der Waals surface area contributed by atoms with Crippen molar-refractivity contribution in [1.82, 2.24) is 0 Å². The summed E-state index contributed by atoms with van der Waals surface area (Å²) in [5, 5.41) is 0. The molecular formula is C10H10BrFN2O. The van der Waals surface area contributed by atoms with Crippen molar-refractivity contribution in [2.45, 2.75) is 12.5 Å². The van der Waals surface area contributed by atoms with Gasteiger partial charge >= 0.3 is 0 Å². The number of hydrogen-bond acceptors (Lipinski definition) is 3. The second-order valence-corrected chi connectivity index (χ2v) is 4.50. The lowest BCUT2D eigenvalue weighted by Gasteiger charge is -2.18. The second-order valence-electron chi connectivity index (χ2n) is 3.64. The highest BCUT2D eigenvalue weighted by atomic mass is 79.9. The Bertz CT molecular complexity index is 435. The van der Waals surface area contributed by atoms with E-state index in [1.165, 1.54) is 6.07 Å². The molecular weight excluding hydrogens is 263 g/mol. The summed E-state index contributed by atoms with van der Waals surface area (Å²) in [7, 11) is 0. The molecule has 1 aromatic carbocycles. The molecule has 5 heteroatoms. The van der Waals surface area contributed by atoms with Gasteiger partial charge in [-0.05, 0) is 40.5 Å². The number of rotatable bonds is 1. The maximum Gasteiger partial charge on any atom is 0.283 e. The minimum absolute atomic E-state index is 0.179. The topological polar surface area (TPSA) is 47.6 Å². The summed E-state index contributed by atoms with van der Waals surface area (Å²) < 4.78 is 18.6. The summed E-state index contributed by atoms with van der Waals surface area (Å²) >= 11 is 3.14. The normalized spacial score (nSPS) is 24.9. The Morgan fingerprint density at radius 1 is 1.60 bits per heavy atom. The Kier molecular flexibility index (Phi) is 2.42. The molecule has 0 fully saturated rings. The fourth-order valence-corrected chi connectivity index (χ4v) is 1.88.